The van der Waals surface area contributed by atoms with Crippen molar-refractivity contribution >= 4 is 5.97 Å². The topological polar surface area (TPSA) is 57.2 Å². The van der Waals surface area contributed by atoms with E-state index in [2.05, 4.69) is 20.8 Å². The number of carbonyl (C=O) groups excluding carboxylic acids is 1. The zero-order chi connectivity index (χ0) is 46.7. The minimum absolute atomic E-state index is 0.0688. The smallest absolute Gasteiger partial charge is 0.307 e. The fourth-order valence-electron chi connectivity index (χ4n) is 10.8. The summed E-state index contributed by atoms with van der Waals surface area (Å²) in [7, 11) is 4.02. The van der Waals surface area contributed by atoms with E-state index < -0.39 is 5.60 Å². The Morgan fingerprint density at radius 3 is 1.12 bits per heavy atom. The molecule has 0 amide bonds. The summed E-state index contributed by atoms with van der Waals surface area (Å²) in [6.07, 6.45) is 58.4. The van der Waals surface area contributed by atoms with Gasteiger partial charge >= 0.3 is 5.97 Å². The van der Waals surface area contributed by atoms with E-state index in [1.54, 1.807) is 0 Å². The number of ether oxygens (including phenoxy) is 4. The van der Waals surface area contributed by atoms with Crippen molar-refractivity contribution in [3.05, 3.63) is 0 Å². The van der Waals surface area contributed by atoms with E-state index in [-0.39, 0.29) is 24.3 Å². The molecule has 386 valence electrons. The fourth-order valence-corrected chi connectivity index (χ4v) is 10.8. The molecule has 1 saturated heterocycles. The maximum Gasteiger partial charge on any atom is 0.307 e. The van der Waals surface area contributed by atoms with Crippen LogP contribution in [0.1, 0.15) is 303 Å². The van der Waals surface area contributed by atoms with Crippen molar-refractivity contribution in [1.29, 1.82) is 0 Å². The molecule has 0 aromatic carbocycles. The highest BCUT2D eigenvalue weighted by molar-refractivity contribution is 5.69. The molecular weight excluding hydrogens is 803 g/mol. The number of rotatable bonds is 52. The fraction of sp³-hybridized carbons (Fsp3) is 0.983. The molecule has 2 rings (SSSR count). The van der Waals surface area contributed by atoms with Gasteiger partial charge in [-0.2, -0.15) is 0 Å². The highest BCUT2D eigenvalue weighted by Crippen LogP contribution is 2.64. The van der Waals surface area contributed by atoms with E-state index in [0.717, 1.165) is 32.5 Å². The summed E-state index contributed by atoms with van der Waals surface area (Å²) in [5, 5.41) is 0. The molecule has 5 atom stereocenters. The van der Waals surface area contributed by atoms with Gasteiger partial charge in [0.25, 0.3) is 0 Å². The average Bonchev–Trinajstić information content (AvgIpc) is 3.80. The third kappa shape index (κ3) is 31.2. The van der Waals surface area contributed by atoms with Crippen LogP contribution >= 0.6 is 0 Å². The number of fused-ring (bicyclic) bond motifs is 1. The summed E-state index contributed by atoms with van der Waals surface area (Å²) in [5.74, 6) is 0.507. The van der Waals surface area contributed by atoms with Gasteiger partial charge in [0, 0.05) is 31.6 Å². The normalized spacial score (nSPS) is 20.3. The first kappa shape index (κ1) is 60.4. The third-order valence-corrected chi connectivity index (χ3v) is 15.2. The maximum atomic E-state index is 12.9. The Morgan fingerprint density at radius 1 is 0.446 bits per heavy atom. The minimum atomic E-state index is -0.454. The molecule has 0 radical (unpaired) electrons. The van der Waals surface area contributed by atoms with Crippen LogP contribution in [0.4, 0.5) is 0 Å². The first-order valence-corrected chi connectivity index (χ1v) is 29.7. The van der Waals surface area contributed by atoms with Gasteiger partial charge < -0.3 is 23.8 Å². The van der Waals surface area contributed by atoms with Gasteiger partial charge in [0.15, 0.2) is 6.29 Å². The Hall–Kier alpha value is -0.690. The molecule has 0 bridgehead atoms. The van der Waals surface area contributed by atoms with Gasteiger partial charge in [-0.15, -0.1) is 0 Å². The predicted octanol–water partition coefficient (Wildman–Crippen LogP) is 18.1. The monoisotopic (exact) mass is 918 g/mol. The van der Waals surface area contributed by atoms with Gasteiger partial charge in [-0.05, 0) is 33.4 Å². The largest absolute Gasteiger partial charge is 0.463 e. The molecule has 65 heavy (non-hydrogen) atoms. The minimum Gasteiger partial charge on any atom is -0.463 e. The molecule has 2 fully saturated rings. The Labute approximate surface area is 406 Å². The lowest BCUT2D eigenvalue weighted by atomic mass is 10.0. The van der Waals surface area contributed by atoms with Crippen LogP contribution in [0.3, 0.4) is 0 Å². The predicted molar refractivity (Wildman–Crippen MR) is 280 cm³/mol. The van der Waals surface area contributed by atoms with Crippen molar-refractivity contribution in [2.45, 2.75) is 321 Å². The highest BCUT2D eigenvalue weighted by Gasteiger charge is 2.76. The molecule has 1 saturated carbocycles. The van der Waals surface area contributed by atoms with Gasteiger partial charge in [0.2, 0.25) is 0 Å². The molecule has 2 aliphatic rings. The van der Waals surface area contributed by atoms with E-state index in [9.17, 15) is 4.79 Å². The molecule has 3 unspecified atom stereocenters. The quantitative estimate of drug-likeness (QED) is 0.0448. The lowest BCUT2D eigenvalue weighted by Gasteiger charge is -2.26. The molecule has 1 aliphatic carbocycles. The molecule has 0 aromatic heterocycles. The van der Waals surface area contributed by atoms with E-state index in [1.807, 2.05) is 19.0 Å². The van der Waals surface area contributed by atoms with Crippen molar-refractivity contribution in [2.75, 3.05) is 40.5 Å². The Kier molecular flexibility index (Phi) is 40.3. The van der Waals surface area contributed by atoms with E-state index >= 15 is 0 Å². The van der Waals surface area contributed by atoms with Crippen LogP contribution in [0, 0.1) is 11.8 Å². The number of nitrogens with zero attached hydrogens (tertiary/aromatic N) is 1. The second-order valence-corrected chi connectivity index (χ2v) is 21.6. The second-order valence-electron chi connectivity index (χ2n) is 21.6. The van der Waals surface area contributed by atoms with Crippen LogP contribution in [-0.4, -0.2) is 69.3 Å². The molecule has 0 spiro atoms. The Bertz CT molecular complexity index is 1020. The summed E-state index contributed by atoms with van der Waals surface area (Å²) >= 11 is 0. The zero-order valence-corrected chi connectivity index (χ0v) is 44.7. The van der Waals surface area contributed by atoms with Crippen molar-refractivity contribution < 1.29 is 23.7 Å². The lowest BCUT2D eigenvalue weighted by Crippen LogP contribution is -2.35. The highest BCUT2D eigenvalue weighted by atomic mass is 16.7. The molecule has 6 nitrogen and oxygen atoms in total. The molecule has 1 heterocycles. The SMILES string of the molecule is CCCCCCCCCCCCCCCCOC1C2C(CCCCCCCCCCCCCCCC)[C@]2(COC(=O)CCN(C)C)O[C@H]1OCCCCCCCCCCCCCCCC. The molecular formula is C59H115NO5. The van der Waals surface area contributed by atoms with E-state index in [4.69, 9.17) is 18.9 Å². The summed E-state index contributed by atoms with van der Waals surface area (Å²) in [5.41, 5.74) is -0.454. The van der Waals surface area contributed by atoms with Crippen molar-refractivity contribution in [3.8, 4) is 0 Å². The number of hydrogen-bond acceptors (Lipinski definition) is 6. The van der Waals surface area contributed by atoms with E-state index in [1.165, 1.54) is 257 Å². The lowest BCUT2D eigenvalue weighted by molar-refractivity contribution is -0.214. The molecule has 0 aromatic rings. The zero-order valence-electron chi connectivity index (χ0n) is 44.7. The van der Waals surface area contributed by atoms with Crippen LogP contribution in [-0.2, 0) is 23.7 Å². The van der Waals surface area contributed by atoms with Crippen LogP contribution in [0.5, 0.6) is 0 Å². The number of unbranched alkanes of at least 4 members (excludes halogenated alkanes) is 39. The second kappa shape index (κ2) is 43.3. The van der Waals surface area contributed by atoms with Crippen LogP contribution < -0.4 is 0 Å². The van der Waals surface area contributed by atoms with Crippen molar-refractivity contribution in [1.82, 2.24) is 4.90 Å². The summed E-state index contributed by atoms with van der Waals surface area (Å²) in [6, 6.07) is 0. The van der Waals surface area contributed by atoms with E-state index in [0.29, 0.717) is 25.5 Å². The third-order valence-electron chi connectivity index (χ3n) is 15.2. The summed E-state index contributed by atoms with van der Waals surface area (Å²) in [6.45, 7) is 9.43. The molecule has 6 heteroatoms. The number of hydrogen-bond donors (Lipinski definition) is 0. The maximum absolute atomic E-state index is 12.9. The standard InChI is InChI=1S/C59H115NO5/c1-6-9-12-15-18-21-24-27-30-33-36-39-42-45-48-54-56-57(62-51-46-43-40-37-34-31-28-25-22-19-16-13-10-7-2)58(65-59(54,56)53-64-55(61)49-50-60(4)5)63-52-47-44-41-38-35-32-29-26-23-20-17-14-11-8-3/h54,56-58H,6-53H2,1-5H3/t54?,56?,57?,58-,59+/m1/s1. The molecule has 0 N–H and O–H groups in total. The Morgan fingerprint density at radius 2 is 0.769 bits per heavy atom. The van der Waals surface area contributed by atoms with Gasteiger partial charge in [-0.1, -0.05) is 278 Å². The Balaban J connectivity index is 1.81. The van der Waals surface area contributed by atoms with Crippen LogP contribution in [0.15, 0.2) is 0 Å². The van der Waals surface area contributed by atoms with Crippen molar-refractivity contribution in [2.24, 2.45) is 11.8 Å². The number of esters is 1. The van der Waals surface area contributed by atoms with Gasteiger partial charge in [0.1, 0.15) is 18.3 Å². The van der Waals surface area contributed by atoms with Gasteiger partial charge in [-0.3, -0.25) is 4.79 Å². The van der Waals surface area contributed by atoms with Gasteiger partial charge in [0.05, 0.1) is 6.42 Å². The first-order chi connectivity index (χ1) is 32.0. The summed E-state index contributed by atoms with van der Waals surface area (Å²) < 4.78 is 26.4. The summed E-state index contributed by atoms with van der Waals surface area (Å²) in [4.78, 5) is 15.0. The number of carbonyl (C=O) groups is 1. The van der Waals surface area contributed by atoms with Crippen molar-refractivity contribution in [3.63, 3.8) is 0 Å². The average molecular weight is 919 g/mol. The van der Waals surface area contributed by atoms with Gasteiger partial charge in [-0.25, -0.2) is 0 Å². The molecule has 1 aliphatic heterocycles. The van der Waals surface area contributed by atoms with Crippen LogP contribution in [0.2, 0.25) is 0 Å². The first-order valence-electron chi connectivity index (χ1n) is 29.7. The van der Waals surface area contributed by atoms with Crippen LogP contribution in [0.25, 0.3) is 0 Å².